The second kappa shape index (κ2) is 9.43. The summed E-state index contributed by atoms with van der Waals surface area (Å²) in [5.74, 6) is 0.614. The zero-order valence-electron chi connectivity index (χ0n) is 15.4. The van der Waals surface area contributed by atoms with Crippen molar-refractivity contribution >= 4 is 11.6 Å². The number of anilines is 1. The first kappa shape index (κ1) is 19.3. The summed E-state index contributed by atoms with van der Waals surface area (Å²) in [4.78, 5) is 14.9. The van der Waals surface area contributed by atoms with E-state index in [1.165, 1.54) is 0 Å². The molecule has 2 rings (SSSR count). The number of hydrogen-bond acceptors (Lipinski definition) is 4. The standard InChI is InChI=1S/C20H29N3O2/c1-3-23(4-2)14-15-25-18-10-8-17(9-11-18)22-19(24)20(16-21)12-6-5-7-13-20/h8-11H,3-7,12-15H2,1-2H3,(H,22,24). The Labute approximate surface area is 151 Å². The van der Waals surface area contributed by atoms with Gasteiger partial charge in [0.25, 0.3) is 0 Å². The predicted molar refractivity (Wildman–Crippen MR) is 99.5 cm³/mol. The molecule has 1 fully saturated rings. The second-order valence-corrected chi connectivity index (χ2v) is 6.61. The minimum atomic E-state index is -0.864. The zero-order chi connectivity index (χ0) is 18.1. The highest BCUT2D eigenvalue weighted by Gasteiger charge is 2.39. The normalized spacial score (nSPS) is 16.2. The van der Waals surface area contributed by atoms with Crippen molar-refractivity contribution in [3.05, 3.63) is 24.3 Å². The first-order valence-corrected chi connectivity index (χ1v) is 9.31. The third-order valence-electron chi connectivity index (χ3n) is 5.04. The lowest BCUT2D eigenvalue weighted by Gasteiger charge is -2.29. The topological polar surface area (TPSA) is 65.4 Å². The Kier molecular flexibility index (Phi) is 7.27. The summed E-state index contributed by atoms with van der Waals surface area (Å²) in [5, 5.41) is 12.4. The molecule has 0 spiro atoms. The molecule has 0 aliphatic heterocycles. The van der Waals surface area contributed by atoms with E-state index >= 15 is 0 Å². The Morgan fingerprint density at radius 3 is 2.40 bits per heavy atom. The predicted octanol–water partition coefficient (Wildman–Crippen LogP) is 3.82. The van der Waals surface area contributed by atoms with Crippen LogP contribution in [0.25, 0.3) is 0 Å². The lowest BCUT2D eigenvalue weighted by molar-refractivity contribution is -0.124. The largest absolute Gasteiger partial charge is 0.492 e. The van der Waals surface area contributed by atoms with Gasteiger partial charge in [-0.1, -0.05) is 33.1 Å². The number of hydrogen-bond donors (Lipinski definition) is 1. The number of carbonyl (C=O) groups excluding carboxylic acids is 1. The Balaban J connectivity index is 1.87. The fraction of sp³-hybridized carbons (Fsp3) is 0.600. The van der Waals surface area contributed by atoms with E-state index in [0.717, 1.165) is 44.6 Å². The summed E-state index contributed by atoms with van der Waals surface area (Å²) in [7, 11) is 0. The molecule has 0 atom stereocenters. The number of rotatable bonds is 8. The van der Waals surface area contributed by atoms with Gasteiger partial charge in [-0.25, -0.2) is 0 Å². The Morgan fingerprint density at radius 1 is 1.20 bits per heavy atom. The van der Waals surface area contributed by atoms with Crippen LogP contribution in [0.4, 0.5) is 5.69 Å². The highest BCUT2D eigenvalue weighted by Crippen LogP contribution is 2.36. The summed E-state index contributed by atoms with van der Waals surface area (Å²) >= 11 is 0. The molecule has 1 N–H and O–H groups in total. The lowest BCUT2D eigenvalue weighted by Crippen LogP contribution is -2.36. The minimum absolute atomic E-state index is 0.176. The van der Waals surface area contributed by atoms with Crippen LogP contribution in [0.3, 0.4) is 0 Å². The fourth-order valence-corrected chi connectivity index (χ4v) is 3.26. The average molecular weight is 343 g/mol. The van der Waals surface area contributed by atoms with Gasteiger partial charge >= 0.3 is 0 Å². The van der Waals surface area contributed by atoms with E-state index in [2.05, 4.69) is 30.1 Å². The molecule has 0 radical (unpaired) electrons. The maximum atomic E-state index is 12.5. The van der Waals surface area contributed by atoms with Gasteiger partial charge in [0.1, 0.15) is 17.8 Å². The molecule has 25 heavy (non-hydrogen) atoms. The van der Waals surface area contributed by atoms with E-state index in [-0.39, 0.29) is 5.91 Å². The molecule has 0 bridgehead atoms. The van der Waals surface area contributed by atoms with Gasteiger partial charge in [0.15, 0.2) is 0 Å². The summed E-state index contributed by atoms with van der Waals surface area (Å²) in [5.41, 5.74) is -0.154. The molecule has 1 aromatic rings. The van der Waals surface area contributed by atoms with E-state index in [4.69, 9.17) is 4.74 Å². The van der Waals surface area contributed by atoms with Gasteiger partial charge < -0.3 is 15.0 Å². The molecule has 136 valence electrons. The molecule has 1 aliphatic rings. The quantitative estimate of drug-likeness (QED) is 0.779. The van der Waals surface area contributed by atoms with Crippen LogP contribution in [0.15, 0.2) is 24.3 Å². The van der Waals surface area contributed by atoms with Crippen molar-refractivity contribution in [3.63, 3.8) is 0 Å². The van der Waals surface area contributed by atoms with Crippen LogP contribution in [0.5, 0.6) is 5.75 Å². The number of carbonyl (C=O) groups is 1. The molecular formula is C20H29N3O2. The van der Waals surface area contributed by atoms with Gasteiger partial charge in [0, 0.05) is 12.2 Å². The summed E-state index contributed by atoms with van der Waals surface area (Å²) in [6.45, 7) is 7.86. The zero-order valence-corrected chi connectivity index (χ0v) is 15.4. The van der Waals surface area contributed by atoms with E-state index < -0.39 is 5.41 Å². The van der Waals surface area contributed by atoms with E-state index in [1.807, 2.05) is 24.3 Å². The Morgan fingerprint density at radius 2 is 1.84 bits per heavy atom. The SMILES string of the molecule is CCN(CC)CCOc1ccc(NC(=O)C2(C#N)CCCCC2)cc1. The minimum Gasteiger partial charge on any atom is -0.492 e. The van der Waals surface area contributed by atoms with Gasteiger partial charge in [0.05, 0.1) is 6.07 Å². The van der Waals surface area contributed by atoms with Crippen molar-refractivity contribution in [1.29, 1.82) is 5.26 Å². The molecule has 1 aliphatic carbocycles. The smallest absolute Gasteiger partial charge is 0.244 e. The molecule has 1 aromatic carbocycles. The highest BCUT2D eigenvalue weighted by atomic mass is 16.5. The van der Waals surface area contributed by atoms with Crippen LogP contribution in [-0.2, 0) is 4.79 Å². The van der Waals surface area contributed by atoms with Crippen molar-refractivity contribution in [1.82, 2.24) is 4.90 Å². The molecule has 1 amide bonds. The van der Waals surface area contributed by atoms with Gasteiger partial charge in [-0.15, -0.1) is 0 Å². The lowest BCUT2D eigenvalue weighted by atomic mass is 9.74. The van der Waals surface area contributed by atoms with Crippen LogP contribution in [0, 0.1) is 16.7 Å². The molecule has 0 saturated heterocycles. The molecule has 1 saturated carbocycles. The van der Waals surface area contributed by atoms with Gasteiger partial charge in [-0.3, -0.25) is 4.79 Å². The molecule has 0 aromatic heterocycles. The highest BCUT2D eigenvalue weighted by molar-refractivity contribution is 5.97. The maximum Gasteiger partial charge on any atom is 0.244 e. The Bertz CT molecular complexity index is 582. The molecule has 0 heterocycles. The molecule has 5 heteroatoms. The number of ether oxygens (including phenoxy) is 1. The maximum absolute atomic E-state index is 12.5. The number of likely N-dealkylation sites (N-methyl/N-ethyl adjacent to an activating group) is 1. The van der Waals surface area contributed by atoms with Crippen molar-refractivity contribution in [2.75, 3.05) is 31.6 Å². The van der Waals surface area contributed by atoms with Crippen LogP contribution >= 0.6 is 0 Å². The first-order valence-electron chi connectivity index (χ1n) is 9.31. The number of nitrogens with zero attached hydrogens (tertiary/aromatic N) is 2. The summed E-state index contributed by atoms with van der Waals surface area (Å²) in [6.07, 6.45) is 4.31. The van der Waals surface area contributed by atoms with Crippen molar-refractivity contribution in [2.45, 2.75) is 46.0 Å². The van der Waals surface area contributed by atoms with Crippen LogP contribution in [0.1, 0.15) is 46.0 Å². The number of nitriles is 1. The van der Waals surface area contributed by atoms with Gasteiger partial charge in [-0.05, 0) is 50.2 Å². The van der Waals surface area contributed by atoms with Gasteiger partial charge in [0.2, 0.25) is 5.91 Å². The Hall–Kier alpha value is -2.06. The fourth-order valence-electron chi connectivity index (χ4n) is 3.26. The molecular weight excluding hydrogens is 314 g/mol. The number of benzene rings is 1. The van der Waals surface area contributed by atoms with Gasteiger partial charge in [-0.2, -0.15) is 5.26 Å². The number of nitrogens with one attached hydrogen (secondary N) is 1. The van der Waals surface area contributed by atoms with E-state index in [0.29, 0.717) is 25.1 Å². The second-order valence-electron chi connectivity index (χ2n) is 6.61. The monoisotopic (exact) mass is 343 g/mol. The molecule has 5 nitrogen and oxygen atoms in total. The van der Waals surface area contributed by atoms with Crippen LogP contribution in [-0.4, -0.2) is 37.0 Å². The van der Waals surface area contributed by atoms with E-state index in [9.17, 15) is 10.1 Å². The van der Waals surface area contributed by atoms with Crippen molar-refractivity contribution < 1.29 is 9.53 Å². The summed E-state index contributed by atoms with van der Waals surface area (Å²) in [6, 6.07) is 9.64. The van der Waals surface area contributed by atoms with E-state index in [1.54, 1.807) is 0 Å². The molecule has 0 unspecified atom stereocenters. The van der Waals surface area contributed by atoms with Crippen molar-refractivity contribution in [3.8, 4) is 11.8 Å². The summed E-state index contributed by atoms with van der Waals surface area (Å²) < 4.78 is 5.75. The van der Waals surface area contributed by atoms with Crippen molar-refractivity contribution in [2.24, 2.45) is 5.41 Å². The first-order chi connectivity index (χ1) is 12.1. The average Bonchev–Trinajstić information content (AvgIpc) is 2.67. The third kappa shape index (κ3) is 5.20. The number of amides is 1. The third-order valence-corrected chi connectivity index (χ3v) is 5.04. The van der Waals surface area contributed by atoms with Crippen LogP contribution < -0.4 is 10.1 Å². The van der Waals surface area contributed by atoms with Crippen LogP contribution in [0.2, 0.25) is 0 Å².